The van der Waals surface area contributed by atoms with Crippen molar-refractivity contribution in [2.45, 2.75) is 53.5 Å². The largest absolute Gasteiger partial charge is 0.315 e. The van der Waals surface area contributed by atoms with E-state index in [1.807, 2.05) is 0 Å². The molecule has 0 rings (SSSR count). The fourth-order valence-electron chi connectivity index (χ4n) is 1.75. The molecule has 2 nitrogen and oxygen atoms in total. The summed E-state index contributed by atoms with van der Waals surface area (Å²) < 4.78 is 0. The van der Waals surface area contributed by atoms with Crippen LogP contribution in [-0.4, -0.2) is 38.1 Å². The van der Waals surface area contributed by atoms with Crippen molar-refractivity contribution < 1.29 is 0 Å². The highest BCUT2D eigenvalue weighted by Gasteiger charge is 2.14. The molecule has 2 heteroatoms. The third-order valence-corrected chi connectivity index (χ3v) is 2.91. The van der Waals surface area contributed by atoms with E-state index in [1.165, 1.54) is 12.8 Å². The van der Waals surface area contributed by atoms with E-state index in [0.717, 1.165) is 19.0 Å². The zero-order valence-corrected chi connectivity index (χ0v) is 12.4. The van der Waals surface area contributed by atoms with Gasteiger partial charge in [0.1, 0.15) is 0 Å². The van der Waals surface area contributed by atoms with Gasteiger partial charge in [-0.3, -0.25) is 0 Å². The van der Waals surface area contributed by atoms with E-state index in [-0.39, 0.29) is 0 Å². The summed E-state index contributed by atoms with van der Waals surface area (Å²) >= 11 is 0. The second-order valence-corrected chi connectivity index (χ2v) is 6.76. The van der Waals surface area contributed by atoms with Gasteiger partial charge in [-0.1, -0.05) is 34.6 Å². The van der Waals surface area contributed by atoms with E-state index in [0.29, 0.717) is 11.5 Å². The van der Waals surface area contributed by atoms with Gasteiger partial charge in [0.25, 0.3) is 0 Å². The van der Waals surface area contributed by atoms with E-state index >= 15 is 0 Å². The topological polar surface area (TPSA) is 15.3 Å². The first-order valence-corrected chi connectivity index (χ1v) is 6.59. The van der Waals surface area contributed by atoms with Gasteiger partial charge < -0.3 is 10.2 Å². The number of nitrogens with one attached hydrogen (secondary N) is 1. The first-order chi connectivity index (χ1) is 7.22. The predicted octanol–water partition coefficient (Wildman–Crippen LogP) is 2.99. The average Bonchev–Trinajstić information content (AvgIpc) is 2.07. The van der Waals surface area contributed by atoms with Gasteiger partial charge in [0.05, 0.1) is 0 Å². The Morgan fingerprint density at radius 2 is 1.69 bits per heavy atom. The van der Waals surface area contributed by atoms with Crippen LogP contribution in [0.4, 0.5) is 0 Å². The van der Waals surface area contributed by atoms with Crippen molar-refractivity contribution >= 4 is 0 Å². The molecule has 0 radical (unpaired) electrons. The van der Waals surface area contributed by atoms with Crippen molar-refractivity contribution in [3.63, 3.8) is 0 Å². The molecule has 0 saturated carbocycles. The maximum atomic E-state index is 3.59. The van der Waals surface area contributed by atoms with E-state index in [1.54, 1.807) is 0 Å². The summed E-state index contributed by atoms with van der Waals surface area (Å²) in [5, 5.41) is 3.59. The van der Waals surface area contributed by atoms with Crippen LogP contribution in [0.25, 0.3) is 0 Å². The predicted molar refractivity (Wildman–Crippen MR) is 73.9 cm³/mol. The Labute approximate surface area is 103 Å². The molecule has 0 saturated heterocycles. The monoisotopic (exact) mass is 228 g/mol. The highest BCUT2D eigenvalue weighted by atomic mass is 15.1. The zero-order chi connectivity index (χ0) is 12.8. The van der Waals surface area contributed by atoms with Gasteiger partial charge in [-0.15, -0.1) is 0 Å². The van der Waals surface area contributed by atoms with Gasteiger partial charge in [0.2, 0.25) is 0 Å². The van der Waals surface area contributed by atoms with Crippen molar-refractivity contribution in [1.29, 1.82) is 0 Å². The van der Waals surface area contributed by atoms with Crippen molar-refractivity contribution in [3.8, 4) is 0 Å². The molecule has 0 aliphatic carbocycles. The van der Waals surface area contributed by atoms with E-state index in [2.05, 4.69) is 58.9 Å². The number of likely N-dealkylation sites (N-methyl/N-ethyl adjacent to an activating group) is 1. The normalized spacial score (nSPS) is 14.8. The summed E-state index contributed by atoms with van der Waals surface area (Å²) in [6.45, 7) is 13.7. The molecular formula is C14H32N2. The summed E-state index contributed by atoms with van der Waals surface area (Å²) in [5.74, 6) is 0.775. The number of nitrogens with zero attached hydrogens (tertiary/aromatic N) is 1. The van der Waals surface area contributed by atoms with E-state index in [9.17, 15) is 0 Å². The molecule has 0 spiro atoms. The minimum absolute atomic E-state index is 0.443. The molecule has 0 aliphatic rings. The molecule has 0 aliphatic heterocycles. The smallest absolute Gasteiger partial charge is 0.0216 e. The van der Waals surface area contributed by atoms with E-state index in [4.69, 9.17) is 0 Å². The van der Waals surface area contributed by atoms with Crippen LogP contribution in [-0.2, 0) is 0 Å². The number of hydrogen-bond donors (Lipinski definition) is 1. The first-order valence-electron chi connectivity index (χ1n) is 6.59. The number of hydrogen-bond acceptors (Lipinski definition) is 2. The van der Waals surface area contributed by atoms with Crippen LogP contribution >= 0.6 is 0 Å². The van der Waals surface area contributed by atoms with Crippen LogP contribution in [0.1, 0.15) is 47.5 Å². The summed E-state index contributed by atoms with van der Waals surface area (Å²) in [7, 11) is 4.36. The maximum absolute atomic E-state index is 3.59. The molecule has 0 aromatic heterocycles. The van der Waals surface area contributed by atoms with Crippen LogP contribution in [0.3, 0.4) is 0 Å². The molecule has 16 heavy (non-hydrogen) atoms. The Balaban J connectivity index is 3.77. The molecule has 0 fully saturated rings. The molecule has 1 N–H and O–H groups in total. The maximum Gasteiger partial charge on any atom is 0.0216 e. The first kappa shape index (κ1) is 15.9. The van der Waals surface area contributed by atoms with E-state index < -0.39 is 0 Å². The third kappa shape index (κ3) is 9.17. The highest BCUT2D eigenvalue weighted by molar-refractivity contribution is 4.72. The Hall–Kier alpha value is -0.0800. The molecule has 0 heterocycles. The van der Waals surface area contributed by atoms with Crippen LogP contribution in [0.5, 0.6) is 0 Å². The molecule has 0 bridgehead atoms. The molecule has 0 amide bonds. The van der Waals surface area contributed by atoms with Gasteiger partial charge in [0.15, 0.2) is 0 Å². The lowest BCUT2D eigenvalue weighted by molar-refractivity contribution is 0.243. The van der Waals surface area contributed by atoms with Gasteiger partial charge in [-0.05, 0) is 44.8 Å². The summed E-state index contributed by atoms with van der Waals surface area (Å²) in [6.07, 6.45) is 2.52. The van der Waals surface area contributed by atoms with Crippen molar-refractivity contribution in [2.24, 2.45) is 11.3 Å². The van der Waals surface area contributed by atoms with Crippen molar-refractivity contribution in [3.05, 3.63) is 0 Å². The average molecular weight is 228 g/mol. The standard InChI is InChI=1S/C14H32N2/c1-12(2)10-13(16(6)7)11-15-9-8-14(3,4)5/h12-13,15H,8-11H2,1-7H3. The van der Waals surface area contributed by atoms with Crippen LogP contribution in [0.2, 0.25) is 0 Å². The van der Waals surface area contributed by atoms with Crippen LogP contribution in [0, 0.1) is 11.3 Å². The lowest BCUT2D eigenvalue weighted by Gasteiger charge is -2.27. The van der Waals surface area contributed by atoms with Crippen molar-refractivity contribution in [2.75, 3.05) is 27.2 Å². The van der Waals surface area contributed by atoms with Crippen LogP contribution in [0.15, 0.2) is 0 Å². The summed E-state index contributed by atoms with van der Waals surface area (Å²) in [5.41, 5.74) is 0.443. The van der Waals surface area contributed by atoms with Crippen LogP contribution < -0.4 is 5.32 Å². The minimum atomic E-state index is 0.443. The van der Waals surface area contributed by atoms with Gasteiger partial charge in [-0.2, -0.15) is 0 Å². The van der Waals surface area contributed by atoms with Gasteiger partial charge >= 0.3 is 0 Å². The summed E-state index contributed by atoms with van der Waals surface area (Å²) in [6, 6.07) is 0.667. The second-order valence-electron chi connectivity index (χ2n) is 6.76. The lowest BCUT2D eigenvalue weighted by atomic mass is 9.92. The molecule has 1 unspecified atom stereocenters. The Bertz CT molecular complexity index is 168. The lowest BCUT2D eigenvalue weighted by Crippen LogP contribution is -2.39. The molecular weight excluding hydrogens is 196 g/mol. The Kier molecular flexibility index (Phi) is 7.25. The fourth-order valence-corrected chi connectivity index (χ4v) is 1.75. The molecule has 0 aromatic carbocycles. The van der Waals surface area contributed by atoms with Gasteiger partial charge in [-0.25, -0.2) is 0 Å². The highest BCUT2D eigenvalue weighted by Crippen LogP contribution is 2.17. The Morgan fingerprint density at radius 1 is 1.12 bits per heavy atom. The summed E-state index contributed by atoms with van der Waals surface area (Å²) in [4.78, 5) is 2.34. The quantitative estimate of drug-likeness (QED) is 0.674. The molecule has 98 valence electrons. The fraction of sp³-hybridized carbons (Fsp3) is 1.00. The number of rotatable bonds is 7. The second kappa shape index (κ2) is 7.29. The minimum Gasteiger partial charge on any atom is -0.315 e. The van der Waals surface area contributed by atoms with Gasteiger partial charge in [0, 0.05) is 12.6 Å². The SMILES string of the molecule is CC(C)CC(CNCCC(C)(C)C)N(C)C. The third-order valence-electron chi connectivity index (χ3n) is 2.91. The Morgan fingerprint density at radius 3 is 2.06 bits per heavy atom. The molecule has 0 aromatic rings. The molecule has 1 atom stereocenters. The zero-order valence-electron chi connectivity index (χ0n) is 12.4. The van der Waals surface area contributed by atoms with Crippen molar-refractivity contribution in [1.82, 2.24) is 10.2 Å².